The van der Waals surface area contributed by atoms with Gasteiger partial charge < -0.3 is 10.2 Å². The maximum absolute atomic E-state index is 13.6. The number of hydrogen-bond donors (Lipinski definition) is 1. The molecule has 0 unspecified atom stereocenters. The van der Waals surface area contributed by atoms with Crippen LogP contribution in [0.3, 0.4) is 0 Å². The number of benzene rings is 2. The molecule has 1 aliphatic rings. The molecule has 0 atom stereocenters. The van der Waals surface area contributed by atoms with Gasteiger partial charge >= 0.3 is 6.18 Å². The first-order chi connectivity index (χ1) is 14.3. The molecule has 30 heavy (non-hydrogen) atoms. The van der Waals surface area contributed by atoms with Gasteiger partial charge in [-0.2, -0.15) is 13.2 Å². The number of pyridine rings is 1. The molecule has 0 spiro atoms. The molecule has 0 saturated carbocycles. The van der Waals surface area contributed by atoms with Crippen molar-refractivity contribution in [2.75, 3.05) is 4.90 Å². The summed E-state index contributed by atoms with van der Waals surface area (Å²) < 4.78 is 40.7. The lowest BCUT2D eigenvalue weighted by atomic mass is 9.93. The van der Waals surface area contributed by atoms with Gasteiger partial charge in [0.25, 0.3) is 11.8 Å². The van der Waals surface area contributed by atoms with E-state index >= 15 is 0 Å². The Morgan fingerprint density at radius 3 is 2.43 bits per heavy atom. The highest BCUT2D eigenvalue weighted by Crippen LogP contribution is 2.44. The predicted octanol–water partition coefficient (Wildman–Crippen LogP) is 4.19. The van der Waals surface area contributed by atoms with Crippen LogP contribution in [0.15, 0.2) is 66.9 Å². The van der Waals surface area contributed by atoms with E-state index in [1.807, 2.05) is 6.07 Å². The molecule has 152 valence electrons. The van der Waals surface area contributed by atoms with Crippen LogP contribution in [0.4, 0.5) is 18.9 Å². The second-order valence-electron chi connectivity index (χ2n) is 6.79. The Balaban J connectivity index is 1.63. The second kappa shape index (κ2) is 7.62. The number of alkyl halides is 3. The van der Waals surface area contributed by atoms with Crippen molar-refractivity contribution in [1.29, 1.82) is 0 Å². The van der Waals surface area contributed by atoms with Gasteiger partial charge in [-0.25, -0.2) is 0 Å². The van der Waals surface area contributed by atoms with Crippen LogP contribution in [0.1, 0.15) is 37.5 Å². The SMILES string of the molecule is O=C(NCc1ccccc1)c1cc2c(c(C(F)(F)F)c1)CN2C(=O)c1ccccn1. The first-order valence-corrected chi connectivity index (χ1v) is 9.14. The van der Waals surface area contributed by atoms with Crippen LogP contribution in [0.2, 0.25) is 0 Å². The van der Waals surface area contributed by atoms with Crippen LogP contribution < -0.4 is 10.2 Å². The number of nitrogens with one attached hydrogen (secondary N) is 1. The molecule has 0 bridgehead atoms. The largest absolute Gasteiger partial charge is 0.416 e. The molecular formula is C22H16F3N3O2. The second-order valence-corrected chi connectivity index (χ2v) is 6.79. The first-order valence-electron chi connectivity index (χ1n) is 9.14. The molecule has 0 saturated heterocycles. The Morgan fingerprint density at radius 1 is 1.03 bits per heavy atom. The lowest BCUT2D eigenvalue weighted by Gasteiger charge is -2.36. The lowest BCUT2D eigenvalue weighted by Crippen LogP contribution is -2.40. The van der Waals surface area contributed by atoms with Gasteiger partial charge in [-0.1, -0.05) is 36.4 Å². The Labute approximate surface area is 170 Å². The number of carbonyl (C=O) groups is 2. The van der Waals surface area contributed by atoms with Gasteiger partial charge in [-0.3, -0.25) is 14.6 Å². The summed E-state index contributed by atoms with van der Waals surface area (Å²) in [5.74, 6) is -1.16. The Bertz CT molecular complexity index is 1100. The summed E-state index contributed by atoms with van der Waals surface area (Å²) in [6, 6.07) is 15.9. The van der Waals surface area contributed by atoms with E-state index in [1.54, 1.807) is 36.4 Å². The molecule has 0 fully saturated rings. The number of rotatable bonds is 4. The van der Waals surface area contributed by atoms with Crippen molar-refractivity contribution >= 4 is 17.5 Å². The molecule has 3 aromatic rings. The van der Waals surface area contributed by atoms with Crippen LogP contribution in [0, 0.1) is 0 Å². The highest BCUT2D eigenvalue weighted by Gasteiger charge is 2.42. The van der Waals surface area contributed by atoms with Crippen molar-refractivity contribution in [3.63, 3.8) is 0 Å². The zero-order chi connectivity index (χ0) is 21.3. The lowest BCUT2D eigenvalue weighted by molar-refractivity contribution is -0.138. The fraction of sp³-hybridized carbons (Fsp3) is 0.136. The van der Waals surface area contributed by atoms with Gasteiger partial charge in [0.2, 0.25) is 0 Å². The predicted molar refractivity (Wildman–Crippen MR) is 104 cm³/mol. The van der Waals surface area contributed by atoms with Gasteiger partial charge in [0.1, 0.15) is 5.69 Å². The van der Waals surface area contributed by atoms with Gasteiger partial charge in [0.15, 0.2) is 0 Å². The minimum atomic E-state index is -4.64. The quantitative estimate of drug-likeness (QED) is 0.700. The number of nitrogens with zero attached hydrogens (tertiary/aromatic N) is 2. The highest BCUT2D eigenvalue weighted by atomic mass is 19.4. The van der Waals surface area contributed by atoms with Crippen LogP contribution >= 0.6 is 0 Å². The Hall–Kier alpha value is -3.68. The molecule has 0 radical (unpaired) electrons. The standard InChI is InChI=1S/C22H16F3N3O2/c23-22(24,25)17-10-15(20(29)27-12-14-6-2-1-3-7-14)11-19-16(17)13-28(19)21(30)18-8-4-5-9-26-18/h1-11H,12-13H2,(H,27,29). The molecule has 4 rings (SSSR count). The summed E-state index contributed by atoms with van der Waals surface area (Å²) in [6.07, 6.45) is -3.21. The summed E-state index contributed by atoms with van der Waals surface area (Å²) in [5, 5.41) is 2.62. The smallest absolute Gasteiger partial charge is 0.348 e. The third-order valence-electron chi connectivity index (χ3n) is 4.83. The first kappa shape index (κ1) is 19.6. The Kier molecular flexibility index (Phi) is 4.99. The zero-order valence-electron chi connectivity index (χ0n) is 15.6. The van der Waals surface area contributed by atoms with Crippen molar-refractivity contribution in [3.8, 4) is 0 Å². The van der Waals surface area contributed by atoms with Gasteiger partial charge in [-0.05, 0) is 29.8 Å². The molecule has 1 N–H and O–H groups in total. The zero-order valence-corrected chi connectivity index (χ0v) is 15.6. The summed E-state index contributed by atoms with van der Waals surface area (Å²) in [7, 11) is 0. The van der Waals surface area contributed by atoms with Crippen molar-refractivity contribution in [2.24, 2.45) is 0 Å². The molecule has 0 aliphatic carbocycles. The number of halogens is 3. The molecule has 1 aromatic heterocycles. The van der Waals surface area contributed by atoms with Gasteiger partial charge in [0.05, 0.1) is 17.8 Å². The van der Waals surface area contributed by atoms with Gasteiger partial charge in [-0.15, -0.1) is 0 Å². The maximum Gasteiger partial charge on any atom is 0.416 e. The molecule has 1 aliphatic heterocycles. The van der Waals surface area contributed by atoms with Crippen LogP contribution in [-0.4, -0.2) is 16.8 Å². The average molecular weight is 411 g/mol. The van der Waals surface area contributed by atoms with Crippen LogP contribution in [-0.2, 0) is 19.3 Å². The average Bonchev–Trinajstić information content (AvgIpc) is 2.73. The highest BCUT2D eigenvalue weighted by molar-refractivity contribution is 6.08. The van der Waals surface area contributed by atoms with E-state index in [0.717, 1.165) is 11.6 Å². The van der Waals surface area contributed by atoms with E-state index in [0.29, 0.717) is 0 Å². The van der Waals surface area contributed by atoms with Gasteiger partial charge in [0, 0.05) is 23.9 Å². The van der Waals surface area contributed by atoms with E-state index in [-0.39, 0.29) is 35.6 Å². The summed E-state index contributed by atoms with van der Waals surface area (Å²) in [4.78, 5) is 30.3. The Morgan fingerprint density at radius 2 is 1.77 bits per heavy atom. The number of fused-ring (bicyclic) bond motifs is 1. The van der Waals surface area contributed by atoms with Crippen LogP contribution in [0.5, 0.6) is 0 Å². The topological polar surface area (TPSA) is 62.3 Å². The number of hydrogen-bond acceptors (Lipinski definition) is 3. The summed E-state index contributed by atoms with van der Waals surface area (Å²) in [6.45, 7) is -0.0137. The van der Waals surface area contributed by atoms with E-state index in [1.165, 1.54) is 23.2 Å². The minimum Gasteiger partial charge on any atom is -0.348 e. The molecule has 8 heteroatoms. The normalized spacial score (nSPS) is 12.7. The maximum atomic E-state index is 13.6. The minimum absolute atomic E-state index is 0.00797. The van der Waals surface area contributed by atoms with E-state index in [2.05, 4.69) is 10.3 Å². The molecular weight excluding hydrogens is 395 g/mol. The molecule has 2 amide bonds. The fourth-order valence-corrected chi connectivity index (χ4v) is 3.29. The number of anilines is 1. The summed E-state index contributed by atoms with van der Waals surface area (Å²) >= 11 is 0. The molecule has 2 heterocycles. The van der Waals surface area contributed by atoms with Crippen molar-refractivity contribution < 1.29 is 22.8 Å². The number of carbonyl (C=O) groups excluding carboxylic acids is 2. The summed E-state index contributed by atoms with van der Waals surface area (Å²) in [5.41, 5.74) is -0.0596. The van der Waals surface area contributed by atoms with E-state index in [9.17, 15) is 22.8 Å². The van der Waals surface area contributed by atoms with Crippen molar-refractivity contribution in [2.45, 2.75) is 19.3 Å². The third-order valence-corrected chi connectivity index (χ3v) is 4.83. The molecule has 2 aromatic carbocycles. The van der Waals surface area contributed by atoms with Crippen LogP contribution in [0.25, 0.3) is 0 Å². The number of aromatic nitrogens is 1. The van der Waals surface area contributed by atoms with Crippen molar-refractivity contribution in [3.05, 3.63) is 94.8 Å². The molecule has 5 nitrogen and oxygen atoms in total. The number of amides is 2. The van der Waals surface area contributed by atoms with E-state index < -0.39 is 23.6 Å². The monoisotopic (exact) mass is 411 g/mol. The fourth-order valence-electron chi connectivity index (χ4n) is 3.29. The third kappa shape index (κ3) is 3.76. The van der Waals surface area contributed by atoms with E-state index in [4.69, 9.17) is 0 Å². The van der Waals surface area contributed by atoms with Crippen molar-refractivity contribution in [1.82, 2.24) is 10.3 Å².